The molecule has 112 valence electrons. The Balaban J connectivity index is 2.50. The maximum Gasteiger partial charge on any atom is 0.315 e. The molecule has 0 spiro atoms. The highest BCUT2D eigenvalue weighted by Crippen LogP contribution is 2.13. The lowest BCUT2D eigenvalue weighted by Crippen LogP contribution is -2.45. The fourth-order valence-electron chi connectivity index (χ4n) is 2.11. The van der Waals surface area contributed by atoms with Gasteiger partial charge in [0.2, 0.25) is 0 Å². The number of carbonyl (C=O) groups excluding carboxylic acids is 1. The van der Waals surface area contributed by atoms with Crippen LogP contribution < -0.4 is 10.6 Å². The average molecular weight is 278 g/mol. The van der Waals surface area contributed by atoms with E-state index in [1.54, 1.807) is 0 Å². The van der Waals surface area contributed by atoms with E-state index in [4.69, 9.17) is 0 Å². The lowest BCUT2D eigenvalue weighted by atomic mass is 10.0. The number of aliphatic hydroxyl groups excluding tert-OH is 1. The molecule has 0 aliphatic heterocycles. The molecule has 2 atom stereocenters. The molecule has 20 heavy (non-hydrogen) atoms. The van der Waals surface area contributed by atoms with E-state index in [-0.39, 0.29) is 24.7 Å². The number of aliphatic hydroxyl groups is 1. The summed E-state index contributed by atoms with van der Waals surface area (Å²) < 4.78 is 0. The zero-order chi connectivity index (χ0) is 15.1. The van der Waals surface area contributed by atoms with Crippen molar-refractivity contribution < 1.29 is 9.90 Å². The Morgan fingerprint density at radius 1 is 1.15 bits per heavy atom. The molecule has 4 heteroatoms. The number of aryl methyl sites for hydroxylation is 1. The second kappa shape index (κ2) is 7.90. The minimum absolute atomic E-state index is 0.0372. The predicted molar refractivity (Wildman–Crippen MR) is 81.6 cm³/mol. The molecule has 2 amide bonds. The van der Waals surface area contributed by atoms with Gasteiger partial charge < -0.3 is 15.7 Å². The topological polar surface area (TPSA) is 61.4 Å². The Bertz CT molecular complexity index is 415. The summed E-state index contributed by atoms with van der Waals surface area (Å²) in [6.07, 6.45) is 0.767. The second-order valence-corrected chi connectivity index (χ2v) is 5.76. The van der Waals surface area contributed by atoms with Crippen LogP contribution in [-0.4, -0.2) is 23.8 Å². The molecular formula is C16H26N2O2. The SMILES string of the molecule is Cc1ccc(C(C)NC(=O)NC(CO)CC(C)C)cc1. The first-order chi connectivity index (χ1) is 9.42. The summed E-state index contributed by atoms with van der Waals surface area (Å²) in [7, 11) is 0. The molecule has 0 bridgehead atoms. The molecule has 0 heterocycles. The summed E-state index contributed by atoms with van der Waals surface area (Å²) in [5.74, 6) is 0.432. The minimum atomic E-state index is -0.238. The van der Waals surface area contributed by atoms with Crippen LogP contribution in [0.3, 0.4) is 0 Å². The number of hydrogen-bond donors (Lipinski definition) is 3. The number of rotatable bonds is 6. The molecule has 0 saturated heterocycles. The van der Waals surface area contributed by atoms with E-state index < -0.39 is 0 Å². The van der Waals surface area contributed by atoms with Gasteiger partial charge in [0, 0.05) is 0 Å². The summed E-state index contributed by atoms with van der Waals surface area (Å²) in [6.45, 7) is 8.08. The fraction of sp³-hybridized carbons (Fsp3) is 0.562. The first-order valence-corrected chi connectivity index (χ1v) is 7.16. The number of hydrogen-bond acceptors (Lipinski definition) is 2. The molecule has 1 aromatic carbocycles. The number of amides is 2. The second-order valence-electron chi connectivity index (χ2n) is 5.76. The van der Waals surface area contributed by atoms with Gasteiger partial charge in [-0.25, -0.2) is 4.79 Å². The van der Waals surface area contributed by atoms with Crippen LogP contribution in [0.5, 0.6) is 0 Å². The van der Waals surface area contributed by atoms with Crippen molar-refractivity contribution in [1.82, 2.24) is 10.6 Å². The van der Waals surface area contributed by atoms with Gasteiger partial charge in [-0.15, -0.1) is 0 Å². The highest BCUT2D eigenvalue weighted by atomic mass is 16.3. The van der Waals surface area contributed by atoms with Crippen molar-refractivity contribution in [2.24, 2.45) is 5.92 Å². The van der Waals surface area contributed by atoms with E-state index in [0.717, 1.165) is 12.0 Å². The van der Waals surface area contributed by atoms with Crippen molar-refractivity contribution in [3.63, 3.8) is 0 Å². The van der Waals surface area contributed by atoms with Gasteiger partial charge in [-0.1, -0.05) is 43.7 Å². The van der Waals surface area contributed by atoms with Crippen LogP contribution in [0, 0.1) is 12.8 Å². The van der Waals surface area contributed by atoms with Gasteiger partial charge >= 0.3 is 6.03 Å². The highest BCUT2D eigenvalue weighted by molar-refractivity contribution is 5.74. The largest absolute Gasteiger partial charge is 0.394 e. The monoisotopic (exact) mass is 278 g/mol. The smallest absolute Gasteiger partial charge is 0.315 e. The van der Waals surface area contributed by atoms with Crippen LogP contribution in [0.25, 0.3) is 0 Å². The van der Waals surface area contributed by atoms with Gasteiger partial charge in [0.1, 0.15) is 0 Å². The van der Waals surface area contributed by atoms with Crippen molar-refractivity contribution in [3.8, 4) is 0 Å². The third-order valence-corrected chi connectivity index (χ3v) is 3.24. The maximum absolute atomic E-state index is 11.9. The van der Waals surface area contributed by atoms with E-state index in [0.29, 0.717) is 5.92 Å². The van der Waals surface area contributed by atoms with Gasteiger partial charge in [0.25, 0.3) is 0 Å². The minimum Gasteiger partial charge on any atom is -0.394 e. The van der Waals surface area contributed by atoms with Gasteiger partial charge in [0.05, 0.1) is 18.7 Å². The van der Waals surface area contributed by atoms with Crippen molar-refractivity contribution in [3.05, 3.63) is 35.4 Å². The molecule has 0 radical (unpaired) electrons. The number of nitrogens with one attached hydrogen (secondary N) is 2. The van der Waals surface area contributed by atoms with Crippen LogP contribution in [0.2, 0.25) is 0 Å². The predicted octanol–water partition coefficient (Wildman–Crippen LogP) is 2.76. The zero-order valence-corrected chi connectivity index (χ0v) is 12.8. The molecule has 1 rings (SSSR count). The summed E-state index contributed by atoms with van der Waals surface area (Å²) >= 11 is 0. The van der Waals surface area contributed by atoms with Crippen LogP contribution in [-0.2, 0) is 0 Å². The molecule has 0 aliphatic carbocycles. The zero-order valence-electron chi connectivity index (χ0n) is 12.8. The van der Waals surface area contributed by atoms with Crippen LogP contribution >= 0.6 is 0 Å². The number of benzene rings is 1. The molecule has 0 fully saturated rings. The first kappa shape index (κ1) is 16.5. The van der Waals surface area contributed by atoms with E-state index in [9.17, 15) is 9.90 Å². The molecule has 1 aromatic rings. The Labute approximate surface area is 121 Å². The van der Waals surface area contributed by atoms with Crippen molar-refractivity contribution in [1.29, 1.82) is 0 Å². The van der Waals surface area contributed by atoms with Crippen LogP contribution in [0.15, 0.2) is 24.3 Å². The van der Waals surface area contributed by atoms with Crippen molar-refractivity contribution in [2.45, 2.75) is 46.2 Å². The quantitative estimate of drug-likeness (QED) is 0.749. The van der Waals surface area contributed by atoms with Gasteiger partial charge in [-0.2, -0.15) is 0 Å². The van der Waals surface area contributed by atoms with Gasteiger partial charge in [0.15, 0.2) is 0 Å². The molecule has 3 N–H and O–H groups in total. The van der Waals surface area contributed by atoms with Gasteiger partial charge in [-0.05, 0) is 31.7 Å². The summed E-state index contributed by atoms with van der Waals surface area (Å²) in [6, 6.07) is 7.59. The van der Waals surface area contributed by atoms with Gasteiger partial charge in [-0.3, -0.25) is 0 Å². The molecule has 2 unspecified atom stereocenters. The molecule has 0 saturated carbocycles. The number of urea groups is 1. The molecule has 0 aromatic heterocycles. The Hall–Kier alpha value is -1.55. The molecular weight excluding hydrogens is 252 g/mol. The Morgan fingerprint density at radius 2 is 1.75 bits per heavy atom. The highest BCUT2D eigenvalue weighted by Gasteiger charge is 2.15. The third kappa shape index (κ3) is 5.61. The van der Waals surface area contributed by atoms with Crippen LogP contribution in [0.4, 0.5) is 4.79 Å². The number of carbonyl (C=O) groups is 1. The molecule has 4 nitrogen and oxygen atoms in total. The summed E-state index contributed by atoms with van der Waals surface area (Å²) in [5, 5.41) is 15.0. The Morgan fingerprint density at radius 3 is 2.25 bits per heavy atom. The summed E-state index contributed by atoms with van der Waals surface area (Å²) in [5.41, 5.74) is 2.26. The Kier molecular flexibility index (Phi) is 6.52. The lowest BCUT2D eigenvalue weighted by molar-refractivity contribution is 0.205. The van der Waals surface area contributed by atoms with Crippen molar-refractivity contribution >= 4 is 6.03 Å². The fourth-order valence-corrected chi connectivity index (χ4v) is 2.11. The molecule has 0 aliphatic rings. The van der Waals surface area contributed by atoms with E-state index in [1.165, 1.54) is 5.56 Å². The van der Waals surface area contributed by atoms with E-state index in [1.807, 2.05) is 38.1 Å². The lowest BCUT2D eigenvalue weighted by Gasteiger charge is -2.21. The van der Waals surface area contributed by atoms with E-state index >= 15 is 0 Å². The van der Waals surface area contributed by atoms with Crippen LogP contribution in [0.1, 0.15) is 44.4 Å². The summed E-state index contributed by atoms with van der Waals surface area (Å²) in [4.78, 5) is 11.9. The maximum atomic E-state index is 11.9. The first-order valence-electron chi connectivity index (χ1n) is 7.16. The van der Waals surface area contributed by atoms with E-state index in [2.05, 4.69) is 24.5 Å². The standard InChI is InChI=1S/C16H26N2O2/c1-11(2)9-15(10-19)18-16(20)17-13(4)14-7-5-12(3)6-8-14/h5-8,11,13,15,19H,9-10H2,1-4H3,(H2,17,18,20). The third-order valence-electron chi connectivity index (χ3n) is 3.24. The van der Waals surface area contributed by atoms with Crippen molar-refractivity contribution in [2.75, 3.05) is 6.61 Å². The average Bonchev–Trinajstić information content (AvgIpc) is 2.37. The normalized spacial score (nSPS) is 13.9.